The van der Waals surface area contributed by atoms with Gasteiger partial charge in [0.25, 0.3) is 0 Å². The summed E-state index contributed by atoms with van der Waals surface area (Å²) in [6.07, 6.45) is 17.7. The lowest BCUT2D eigenvalue weighted by Crippen LogP contribution is -1.80. The molecule has 0 heterocycles. The zero-order valence-corrected chi connectivity index (χ0v) is 12.3. The second kappa shape index (κ2) is 15.2. The largest absolute Gasteiger partial charge is 0.0837 e. The summed E-state index contributed by atoms with van der Waals surface area (Å²) in [6.45, 7) is 4.54. The van der Waals surface area contributed by atoms with Crippen molar-refractivity contribution in [2.24, 2.45) is 0 Å². The first-order valence-electron chi connectivity index (χ1n) is 7.23. The van der Waals surface area contributed by atoms with Crippen molar-refractivity contribution < 1.29 is 0 Å². The SMILES string of the molecule is CCCCC=C[P]CCCCCCCCC. The molecule has 0 spiro atoms. The average Bonchev–Trinajstić information content (AvgIpc) is 2.31. The third-order valence-corrected chi connectivity index (χ3v) is 3.82. The Morgan fingerprint density at radius 1 is 0.750 bits per heavy atom. The molecule has 0 N–H and O–H groups in total. The van der Waals surface area contributed by atoms with E-state index >= 15 is 0 Å². The molecular formula is C15H30P. The normalized spacial score (nSPS) is 12.1. The van der Waals surface area contributed by atoms with Crippen LogP contribution in [0.1, 0.15) is 78.1 Å². The van der Waals surface area contributed by atoms with E-state index < -0.39 is 0 Å². The van der Waals surface area contributed by atoms with E-state index in [2.05, 4.69) is 25.7 Å². The maximum Gasteiger partial charge on any atom is -0.0250 e. The maximum absolute atomic E-state index is 2.35. The van der Waals surface area contributed by atoms with Gasteiger partial charge < -0.3 is 0 Å². The van der Waals surface area contributed by atoms with Crippen molar-refractivity contribution in [1.29, 1.82) is 0 Å². The van der Waals surface area contributed by atoms with E-state index in [4.69, 9.17) is 0 Å². The molecule has 0 saturated carbocycles. The molecule has 0 bridgehead atoms. The van der Waals surface area contributed by atoms with Gasteiger partial charge in [-0.3, -0.25) is 0 Å². The summed E-state index contributed by atoms with van der Waals surface area (Å²) in [7, 11) is 1.53. The van der Waals surface area contributed by atoms with Crippen LogP contribution in [0.25, 0.3) is 0 Å². The van der Waals surface area contributed by atoms with Crippen molar-refractivity contribution >= 4 is 8.58 Å². The number of rotatable bonds is 12. The van der Waals surface area contributed by atoms with Crippen molar-refractivity contribution in [1.82, 2.24) is 0 Å². The van der Waals surface area contributed by atoms with Crippen LogP contribution in [0.5, 0.6) is 0 Å². The van der Waals surface area contributed by atoms with Crippen LogP contribution in [0.4, 0.5) is 0 Å². The Kier molecular flexibility index (Phi) is 15.3. The van der Waals surface area contributed by atoms with E-state index in [1.807, 2.05) is 0 Å². The van der Waals surface area contributed by atoms with Gasteiger partial charge in [-0.25, -0.2) is 0 Å². The number of hydrogen-bond donors (Lipinski definition) is 0. The van der Waals surface area contributed by atoms with E-state index in [0.29, 0.717) is 0 Å². The van der Waals surface area contributed by atoms with Crippen LogP contribution in [-0.4, -0.2) is 6.16 Å². The third-order valence-electron chi connectivity index (χ3n) is 2.83. The highest BCUT2D eigenvalue weighted by atomic mass is 31.1. The van der Waals surface area contributed by atoms with Crippen LogP contribution in [-0.2, 0) is 0 Å². The summed E-state index contributed by atoms with van der Waals surface area (Å²) < 4.78 is 0. The summed E-state index contributed by atoms with van der Waals surface area (Å²) in [4.78, 5) is 0. The predicted molar refractivity (Wildman–Crippen MR) is 78.4 cm³/mol. The smallest absolute Gasteiger partial charge is 0.0250 e. The highest BCUT2D eigenvalue weighted by Gasteiger charge is 1.90. The molecule has 0 saturated heterocycles. The first-order valence-corrected chi connectivity index (χ1v) is 8.38. The van der Waals surface area contributed by atoms with Crippen LogP contribution in [0.15, 0.2) is 11.9 Å². The van der Waals surface area contributed by atoms with Crippen molar-refractivity contribution in [3.05, 3.63) is 11.9 Å². The molecule has 1 heteroatoms. The van der Waals surface area contributed by atoms with Crippen LogP contribution in [0, 0.1) is 0 Å². The van der Waals surface area contributed by atoms with Gasteiger partial charge in [-0.05, 0) is 19.0 Å². The van der Waals surface area contributed by atoms with Gasteiger partial charge in [-0.1, -0.05) is 85.7 Å². The summed E-state index contributed by atoms with van der Waals surface area (Å²) in [5.41, 5.74) is 0. The van der Waals surface area contributed by atoms with E-state index in [9.17, 15) is 0 Å². The highest BCUT2D eigenvalue weighted by Crippen LogP contribution is 2.16. The number of unbranched alkanes of at least 4 members (excludes halogenated alkanes) is 8. The van der Waals surface area contributed by atoms with Gasteiger partial charge in [0.15, 0.2) is 0 Å². The van der Waals surface area contributed by atoms with Crippen molar-refractivity contribution in [2.45, 2.75) is 78.1 Å². The molecule has 95 valence electrons. The van der Waals surface area contributed by atoms with Gasteiger partial charge in [0.2, 0.25) is 0 Å². The minimum absolute atomic E-state index is 1.28. The Balaban J connectivity index is 2.95. The zero-order chi connectivity index (χ0) is 11.9. The standard InChI is InChI=1S/C15H30P/c1-3-5-7-9-10-11-13-15-16-14-12-8-6-4-2/h12,14H,3-11,13,15H2,1-2H3. The van der Waals surface area contributed by atoms with Gasteiger partial charge in [0.1, 0.15) is 0 Å². The molecule has 0 fully saturated rings. The quantitative estimate of drug-likeness (QED) is 0.274. The first-order chi connectivity index (χ1) is 7.91. The fourth-order valence-corrected chi connectivity index (χ4v) is 2.56. The zero-order valence-electron chi connectivity index (χ0n) is 11.4. The Labute approximate surface area is 105 Å². The van der Waals surface area contributed by atoms with Crippen LogP contribution in [0.3, 0.4) is 0 Å². The molecule has 0 nitrogen and oxygen atoms in total. The fraction of sp³-hybridized carbons (Fsp3) is 0.867. The molecule has 1 radical (unpaired) electrons. The monoisotopic (exact) mass is 241 g/mol. The second-order valence-electron chi connectivity index (χ2n) is 4.55. The van der Waals surface area contributed by atoms with Crippen LogP contribution < -0.4 is 0 Å². The van der Waals surface area contributed by atoms with E-state index in [0.717, 1.165) is 0 Å². The molecule has 0 unspecified atom stereocenters. The Morgan fingerprint density at radius 3 is 2.06 bits per heavy atom. The third kappa shape index (κ3) is 14.2. The van der Waals surface area contributed by atoms with Gasteiger partial charge in [0.05, 0.1) is 0 Å². The molecule has 0 aliphatic carbocycles. The molecular weight excluding hydrogens is 211 g/mol. The Morgan fingerprint density at radius 2 is 1.38 bits per heavy atom. The Bertz CT molecular complexity index is 140. The molecule has 0 aliphatic rings. The van der Waals surface area contributed by atoms with Gasteiger partial charge in [-0.2, -0.15) is 0 Å². The highest BCUT2D eigenvalue weighted by molar-refractivity contribution is 7.41. The van der Waals surface area contributed by atoms with Crippen LogP contribution in [0.2, 0.25) is 0 Å². The lowest BCUT2D eigenvalue weighted by Gasteiger charge is -1.99. The van der Waals surface area contributed by atoms with E-state index in [1.165, 1.54) is 79.0 Å². The lowest BCUT2D eigenvalue weighted by atomic mass is 10.1. The molecule has 0 aromatic rings. The summed E-state index contributed by atoms with van der Waals surface area (Å²) in [6, 6.07) is 0. The van der Waals surface area contributed by atoms with Gasteiger partial charge in [0, 0.05) is 0 Å². The Hall–Kier alpha value is 0.170. The molecule has 0 rings (SSSR count). The minimum atomic E-state index is 1.28. The van der Waals surface area contributed by atoms with E-state index in [1.54, 1.807) is 0 Å². The summed E-state index contributed by atoms with van der Waals surface area (Å²) >= 11 is 0. The molecule has 0 aromatic carbocycles. The first kappa shape index (κ1) is 16.2. The molecule has 0 aliphatic heterocycles. The van der Waals surface area contributed by atoms with Crippen molar-refractivity contribution in [3.63, 3.8) is 0 Å². The fourth-order valence-electron chi connectivity index (χ4n) is 1.71. The van der Waals surface area contributed by atoms with Gasteiger partial charge in [-0.15, -0.1) is 0 Å². The number of hydrogen-bond acceptors (Lipinski definition) is 0. The molecule has 0 amide bonds. The molecule has 0 atom stereocenters. The predicted octanol–water partition coefficient (Wildman–Crippen LogP) is 6.39. The van der Waals surface area contributed by atoms with Gasteiger partial charge >= 0.3 is 0 Å². The topological polar surface area (TPSA) is 0 Å². The van der Waals surface area contributed by atoms with Crippen molar-refractivity contribution in [3.8, 4) is 0 Å². The van der Waals surface area contributed by atoms with Crippen LogP contribution >= 0.6 is 8.58 Å². The summed E-state index contributed by atoms with van der Waals surface area (Å²) in [5, 5.41) is 0. The minimum Gasteiger partial charge on any atom is -0.0837 e. The second-order valence-corrected chi connectivity index (χ2v) is 5.67. The van der Waals surface area contributed by atoms with E-state index in [-0.39, 0.29) is 0 Å². The molecule has 16 heavy (non-hydrogen) atoms. The maximum atomic E-state index is 2.35. The summed E-state index contributed by atoms with van der Waals surface area (Å²) in [5.74, 6) is 2.35. The average molecular weight is 241 g/mol. The molecule has 0 aromatic heterocycles. The van der Waals surface area contributed by atoms with Crippen molar-refractivity contribution in [2.75, 3.05) is 6.16 Å². The number of allylic oxidation sites excluding steroid dienone is 1. The lowest BCUT2D eigenvalue weighted by molar-refractivity contribution is 0.603.